The molecule has 2 aromatic carbocycles. The van der Waals surface area contributed by atoms with Gasteiger partial charge in [0.2, 0.25) is 5.75 Å². The zero-order valence-corrected chi connectivity index (χ0v) is 22.9. The molecule has 11 nitrogen and oxygen atoms in total. The summed E-state index contributed by atoms with van der Waals surface area (Å²) in [6.07, 6.45) is -1.57. The first-order chi connectivity index (χ1) is 20.1. The summed E-state index contributed by atoms with van der Waals surface area (Å²) in [5, 5.41) is 2.49. The second kappa shape index (κ2) is 13.7. The predicted molar refractivity (Wildman–Crippen MR) is 141 cm³/mol. The van der Waals surface area contributed by atoms with Gasteiger partial charge >= 0.3 is 11.9 Å². The molecule has 4 rings (SSSR count). The van der Waals surface area contributed by atoms with E-state index in [1.165, 1.54) is 67.9 Å². The summed E-state index contributed by atoms with van der Waals surface area (Å²) in [7, 11) is 1.32. The molecule has 13 heteroatoms. The van der Waals surface area contributed by atoms with Crippen molar-refractivity contribution in [2.24, 2.45) is 0 Å². The molecule has 3 aromatic rings. The molecule has 0 spiro atoms. The van der Waals surface area contributed by atoms with Crippen LogP contribution in [-0.2, 0) is 19.1 Å². The second-order valence-electron chi connectivity index (χ2n) is 9.14. The van der Waals surface area contributed by atoms with Crippen LogP contribution in [0.15, 0.2) is 60.8 Å². The molecule has 1 amide bonds. The van der Waals surface area contributed by atoms with E-state index in [4.69, 9.17) is 28.4 Å². The van der Waals surface area contributed by atoms with Crippen LogP contribution in [0.2, 0.25) is 0 Å². The summed E-state index contributed by atoms with van der Waals surface area (Å²) < 4.78 is 60.8. The highest BCUT2D eigenvalue weighted by Crippen LogP contribution is 2.30. The first kappa shape index (κ1) is 30.2. The predicted octanol–water partition coefficient (Wildman–Crippen LogP) is 3.25. The monoisotopic (exact) mass is 586 g/mol. The van der Waals surface area contributed by atoms with E-state index >= 15 is 0 Å². The standard InChI is InChI=1S/C29H28F2N2O9/c1-16-26(42-21-10-6-19(31)7-11-21)24(41-20-8-4-18(30)5-9-20)15-38-14-22(29(36)39-16)33-28(35)25-27(40-17(2)34)23(37-3)12-13-32-25/h4-13,16,22,24,26H,14-15H2,1-3H3,(H,33,35)/t16-,22-,24-,26-/m0/s1. The largest absolute Gasteiger partial charge is 0.493 e. The highest BCUT2D eigenvalue weighted by molar-refractivity contribution is 5.98. The Morgan fingerprint density at radius 3 is 2.17 bits per heavy atom. The van der Waals surface area contributed by atoms with Crippen LogP contribution in [0.25, 0.3) is 0 Å². The van der Waals surface area contributed by atoms with Gasteiger partial charge in [0, 0.05) is 19.2 Å². The molecule has 4 atom stereocenters. The Morgan fingerprint density at radius 2 is 1.57 bits per heavy atom. The number of carbonyl (C=O) groups is 3. The van der Waals surface area contributed by atoms with Crippen molar-refractivity contribution in [3.63, 3.8) is 0 Å². The summed E-state index contributed by atoms with van der Waals surface area (Å²) >= 11 is 0. The lowest BCUT2D eigenvalue weighted by Crippen LogP contribution is -2.48. The highest BCUT2D eigenvalue weighted by Gasteiger charge is 2.38. The van der Waals surface area contributed by atoms with Crippen molar-refractivity contribution in [2.45, 2.75) is 38.2 Å². The minimum Gasteiger partial charge on any atom is -0.493 e. The lowest BCUT2D eigenvalue weighted by atomic mass is 10.1. The van der Waals surface area contributed by atoms with E-state index in [0.717, 1.165) is 6.92 Å². The molecule has 0 radical (unpaired) electrons. The van der Waals surface area contributed by atoms with E-state index in [1.54, 1.807) is 6.92 Å². The third-order valence-electron chi connectivity index (χ3n) is 6.02. The molecular formula is C29H28F2N2O9. The van der Waals surface area contributed by atoms with Crippen LogP contribution < -0.4 is 24.3 Å². The van der Waals surface area contributed by atoms with Gasteiger partial charge in [0.25, 0.3) is 5.91 Å². The van der Waals surface area contributed by atoms with E-state index in [2.05, 4.69) is 10.3 Å². The van der Waals surface area contributed by atoms with Gasteiger partial charge in [0.15, 0.2) is 29.7 Å². The minimum atomic E-state index is -1.31. The summed E-state index contributed by atoms with van der Waals surface area (Å²) in [6, 6.07) is 10.6. The number of aromatic nitrogens is 1. The van der Waals surface area contributed by atoms with Gasteiger partial charge in [0.05, 0.1) is 20.3 Å². The first-order valence-electron chi connectivity index (χ1n) is 12.8. The van der Waals surface area contributed by atoms with Crippen LogP contribution in [0.3, 0.4) is 0 Å². The van der Waals surface area contributed by atoms with Crippen molar-refractivity contribution in [1.29, 1.82) is 0 Å². The quantitative estimate of drug-likeness (QED) is 0.393. The Labute approximate surface area is 239 Å². The van der Waals surface area contributed by atoms with Gasteiger partial charge in [-0.3, -0.25) is 9.59 Å². The van der Waals surface area contributed by atoms with Gasteiger partial charge in [-0.15, -0.1) is 0 Å². The molecule has 0 saturated carbocycles. The molecule has 0 aliphatic carbocycles. The maximum Gasteiger partial charge on any atom is 0.331 e. The van der Waals surface area contributed by atoms with E-state index in [-0.39, 0.29) is 36.2 Å². The smallest absolute Gasteiger partial charge is 0.331 e. The van der Waals surface area contributed by atoms with Crippen molar-refractivity contribution in [3.05, 3.63) is 78.1 Å². The Balaban J connectivity index is 1.57. The molecule has 1 fully saturated rings. The SMILES string of the molecule is COc1ccnc(C(=O)N[C@H]2COC[C@H](Oc3ccc(F)cc3)[C@@H](Oc3ccc(F)cc3)[C@H](C)OC2=O)c1OC(C)=O. The van der Waals surface area contributed by atoms with Crippen molar-refractivity contribution in [3.8, 4) is 23.0 Å². The average Bonchev–Trinajstić information content (AvgIpc) is 3.00. The number of nitrogens with one attached hydrogen (secondary N) is 1. The molecule has 222 valence electrons. The van der Waals surface area contributed by atoms with E-state index in [9.17, 15) is 23.2 Å². The van der Waals surface area contributed by atoms with E-state index < -0.39 is 53.8 Å². The van der Waals surface area contributed by atoms with Gasteiger partial charge in [0.1, 0.15) is 29.2 Å². The number of hydrogen-bond acceptors (Lipinski definition) is 10. The summed E-state index contributed by atoms with van der Waals surface area (Å²) in [4.78, 5) is 42.0. The fraction of sp³-hybridized carbons (Fsp3) is 0.310. The molecule has 1 aromatic heterocycles. The first-order valence-corrected chi connectivity index (χ1v) is 12.8. The fourth-order valence-electron chi connectivity index (χ4n) is 4.05. The Morgan fingerprint density at radius 1 is 0.952 bits per heavy atom. The number of ether oxygens (including phenoxy) is 6. The Bertz CT molecular complexity index is 1400. The molecule has 0 unspecified atom stereocenters. The number of esters is 2. The maximum atomic E-state index is 13.5. The molecule has 2 heterocycles. The Kier molecular flexibility index (Phi) is 9.86. The zero-order valence-electron chi connectivity index (χ0n) is 22.9. The molecule has 42 heavy (non-hydrogen) atoms. The van der Waals surface area contributed by atoms with Gasteiger partial charge in [-0.2, -0.15) is 0 Å². The highest BCUT2D eigenvalue weighted by atomic mass is 19.1. The lowest BCUT2D eigenvalue weighted by Gasteiger charge is -2.31. The summed E-state index contributed by atoms with van der Waals surface area (Å²) in [6.45, 7) is 2.22. The lowest BCUT2D eigenvalue weighted by molar-refractivity contribution is -0.156. The number of benzene rings is 2. The van der Waals surface area contributed by atoms with Crippen LogP contribution >= 0.6 is 0 Å². The maximum absolute atomic E-state index is 13.5. The normalized spacial score (nSPS) is 20.6. The van der Waals surface area contributed by atoms with E-state index in [0.29, 0.717) is 5.75 Å². The molecule has 0 bridgehead atoms. The van der Waals surface area contributed by atoms with Crippen molar-refractivity contribution in [1.82, 2.24) is 10.3 Å². The summed E-state index contributed by atoms with van der Waals surface area (Å²) in [5.41, 5.74) is -0.305. The summed E-state index contributed by atoms with van der Waals surface area (Å²) in [5.74, 6) is -2.96. The minimum absolute atomic E-state index is 0.0776. The molecule has 1 N–H and O–H groups in total. The van der Waals surface area contributed by atoms with Gasteiger partial charge in [-0.1, -0.05) is 0 Å². The third-order valence-corrected chi connectivity index (χ3v) is 6.02. The topological polar surface area (TPSA) is 132 Å². The third kappa shape index (κ3) is 7.69. The number of carbonyl (C=O) groups excluding carboxylic acids is 3. The van der Waals surface area contributed by atoms with E-state index in [1.807, 2.05) is 0 Å². The van der Waals surface area contributed by atoms with Crippen molar-refractivity contribution < 1.29 is 51.6 Å². The molecule has 1 aliphatic rings. The van der Waals surface area contributed by atoms with Crippen LogP contribution in [0.1, 0.15) is 24.3 Å². The number of cyclic esters (lactones) is 1. The number of amides is 1. The number of rotatable bonds is 8. The number of nitrogens with zero attached hydrogens (tertiary/aromatic N) is 1. The Hall–Kier alpha value is -4.78. The second-order valence-corrected chi connectivity index (χ2v) is 9.14. The van der Waals surface area contributed by atoms with Gasteiger partial charge < -0.3 is 33.7 Å². The number of methoxy groups -OCH3 is 1. The number of hydrogen-bond donors (Lipinski definition) is 1. The van der Waals surface area contributed by atoms with Gasteiger partial charge in [-0.25, -0.2) is 18.6 Å². The van der Waals surface area contributed by atoms with Crippen molar-refractivity contribution >= 4 is 17.8 Å². The van der Waals surface area contributed by atoms with Crippen LogP contribution in [0.4, 0.5) is 8.78 Å². The molecule has 1 saturated heterocycles. The average molecular weight is 587 g/mol. The van der Waals surface area contributed by atoms with Crippen LogP contribution in [0, 0.1) is 11.6 Å². The number of halogens is 2. The van der Waals surface area contributed by atoms with Crippen LogP contribution in [0.5, 0.6) is 23.0 Å². The molecule has 1 aliphatic heterocycles. The van der Waals surface area contributed by atoms with Gasteiger partial charge in [-0.05, 0) is 55.5 Å². The number of pyridine rings is 1. The zero-order chi connectivity index (χ0) is 30.2. The fourth-order valence-corrected chi connectivity index (χ4v) is 4.05. The van der Waals surface area contributed by atoms with Crippen molar-refractivity contribution in [2.75, 3.05) is 20.3 Å². The van der Waals surface area contributed by atoms with Crippen LogP contribution in [-0.4, -0.2) is 67.5 Å². The molecular weight excluding hydrogens is 558 g/mol.